The van der Waals surface area contributed by atoms with Crippen LogP contribution in [-0.4, -0.2) is 43.2 Å². The highest BCUT2D eigenvalue weighted by molar-refractivity contribution is 5.26. The summed E-state index contributed by atoms with van der Waals surface area (Å²) in [5, 5.41) is 3.71. The standard InChI is InChI=1S/C16H24N2O/c1-13-2-6-16(7-3-13)19-11-10-18-9-8-14-4-5-15(12-18)17-14/h2-3,6-7,14-15,17H,4-5,8-12H2,1H3. The van der Waals surface area contributed by atoms with E-state index in [1.54, 1.807) is 0 Å². The van der Waals surface area contributed by atoms with Crippen molar-refractivity contribution in [3.8, 4) is 5.75 Å². The maximum Gasteiger partial charge on any atom is 0.119 e. The Morgan fingerprint density at radius 1 is 1.16 bits per heavy atom. The minimum atomic E-state index is 0.715. The van der Waals surface area contributed by atoms with Crippen LogP contribution < -0.4 is 10.1 Å². The molecular weight excluding hydrogens is 236 g/mol. The van der Waals surface area contributed by atoms with Gasteiger partial charge < -0.3 is 10.1 Å². The topological polar surface area (TPSA) is 24.5 Å². The zero-order chi connectivity index (χ0) is 13.1. The Labute approximate surface area is 115 Å². The maximum absolute atomic E-state index is 5.82. The van der Waals surface area contributed by atoms with Crippen LogP contribution >= 0.6 is 0 Å². The smallest absolute Gasteiger partial charge is 0.119 e. The van der Waals surface area contributed by atoms with Crippen molar-refractivity contribution in [2.24, 2.45) is 0 Å². The van der Waals surface area contributed by atoms with Crippen molar-refractivity contribution in [2.45, 2.75) is 38.3 Å². The van der Waals surface area contributed by atoms with E-state index in [9.17, 15) is 0 Å². The van der Waals surface area contributed by atoms with Crippen LogP contribution in [-0.2, 0) is 0 Å². The molecule has 19 heavy (non-hydrogen) atoms. The lowest BCUT2D eigenvalue weighted by molar-refractivity contribution is 0.201. The van der Waals surface area contributed by atoms with E-state index in [0.29, 0.717) is 6.04 Å². The van der Waals surface area contributed by atoms with Crippen LogP contribution in [0.25, 0.3) is 0 Å². The lowest BCUT2D eigenvalue weighted by Gasteiger charge is -2.23. The van der Waals surface area contributed by atoms with Crippen molar-refractivity contribution in [2.75, 3.05) is 26.2 Å². The molecule has 0 aromatic heterocycles. The van der Waals surface area contributed by atoms with E-state index in [1.807, 2.05) is 0 Å². The van der Waals surface area contributed by atoms with Gasteiger partial charge in [0.25, 0.3) is 0 Å². The molecule has 2 unspecified atom stereocenters. The van der Waals surface area contributed by atoms with Gasteiger partial charge in [-0.05, 0) is 44.9 Å². The Kier molecular flexibility index (Phi) is 4.04. The minimum absolute atomic E-state index is 0.715. The molecule has 3 heteroatoms. The molecule has 0 amide bonds. The minimum Gasteiger partial charge on any atom is -0.492 e. The van der Waals surface area contributed by atoms with Crippen LogP contribution in [0.5, 0.6) is 5.75 Å². The molecular formula is C16H24N2O. The average molecular weight is 260 g/mol. The molecule has 2 saturated heterocycles. The Morgan fingerprint density at radius 2 is 1.95 bits per heavy atom. The summed E-state index contributed by atoms with van der Waals surface area (Å²) in [7, 11) is 0. The summed E-state index contributed by atoms with van der Waals surface area (Å²) in [6.07, 6.45) is 4.01. The Hall–Kier alpha value is -1.06. The van der Waals surface area contributed by atoms with Gasteiger partial charge in [0.1, 0.15) is 12.4 Å². The van der Waals surface area contributed by atoms with Gasteiger partial charge in [-0.1, -0.05) is 17.7 Å². The molecule has 2 atom stereocenters. The van der Waals surface area contributed by atoms with E-state index in [-0.39, 0.29) is 0 Å². The second-order valence-electron chi connectivity index (χ2n) is 5.89. The highest BCUT2D eigenvalue weighted by Crippen LogP contribution is 2.20. The van der Waals surface area contributed by atoms with Crippen LogP contribution in [0.15, 0.2) is 24.3 Å². The largest absolute Gasteiger partial charge is 0.492 e. The first-order valence-electron chi connectivity index (χ1n) is 7.47. The van der Waals surface area contributed by atoms with Crippen molar-refractivity contribution < 1.29 is 4.74 Å². The summed E-state index contributed by atoms with van der Waals surface area (Å²) in [4.78, 5) is 2.55. The molecule has 3 rings (SSSR count). The van der Waals surface area contributed by atoms with Crippen molar-refractivity contribution in [3.05, 3.63) is 29.8 Å². The van der Waals surface area contributed by atoms with Crippen molar-refractivity contribution in [1.29, 1.82) is 0 Å². The summed E-state index contributed by atoms with van der Waals surface area (Å²) in [6, 6.07) is 9.80. The lowest BCUT2D eigenvalue weighted by Crippen LogP contribution is -2.37. The monoisotopic (exact) mass is 260 g/mol. The molecule has 2 fully saturated rings. The highest BCUT2D eigenvalue weighted by Gasteiger charge is 2.28. The molecule has 3 nitrogen and oxygen atoms in total. The third-order valence-electron chi connectivity index (χ3n) is 4.30. The molecule has 1 aromatic carbocycles. The predicted molar refractivity (Wildman–Crippen MR) is 77.7 cm³/mol. The van der Waals surface area contributed by atoms with E-state index in [1.165, 1.54) is 37.9 Å². The van der Waals surface area contributed by atoms with Gasteiger partial charge in [0.05, 0.1) is 0 Å². The first kappa shape index (κ1) is 12.9. The van der Waals surface area contributed by atoms with E-state index < -0.39 is 0 Å². The zero-order valence-electron chi connectivity index (χ0n) is 11.8. The molecule has 0 spiro atoms. The number of aryl methyl sites for hydroxylation is 1. The van der Waals surface area contributed by atoms with Crippen LogP contribution in [0, 0.1) is 6.92 Å². The number of nitrogens with zero attached hydrogens (tertiary/aromatic N) is 1. The molecule has 0 radical (unpaired) electrons. The van der Waals surface area contributed by atoms with Crippen LogP contribution in [0.1, 0.15) is 24.8 Å². The summed E-state index contributed by atoms with van der Waals surface area (Å²) in [5.41, 5.74) is 1.28. The molecule has 0 saturated carbocycles. The number of fused-ring (bicyclic) bond motifs is 2. The van der Waals surface area contributed by atoms with E-state index in [4.69, 9.17) is 4.74 Å². The van der Waals surface area contributed by atoms with Gasteiger partial charge in [-0.15, -0.1) is 0 Å². The van der Waals surface area contributed by atoms with Gasteiger partial charge in [-0.2, -0.15) is 0 Å². The molecule has 1 N–H and O–H groups in total. The zero-order valence-corrected chi connectivity index (χ0v) is 11.8. The summed E-state index contributed by atoms with van der Waals surface area (Å²) in [5.74, 6) is 0.986. The number of rotatable bonds is 4. The third kappa shape index (κ3) is 3.48. The van der Waals surface area contributed by atoms with Crippen molar-refractivity contribution >= 4 is 0 Å². The number of hydrogen-bond donors (Lipinski definition) is 1. The number of hydrogen-bond acceptors (Lipinski definition) is 3. The molecule has 104 valence electrons. The van der Waals surface area contributed by atoms with Crippen LogP contribution in [0.2, 0.25) is 0 Å². The molecule has 2 aliphatic heterocycles. The van der Waals surface area contributed by atoms with Gasteiger partial charge in [-0.25, -0.2) is 0 Å². The molecule has 2 aliphatic rings. The van der Waals surface area contributed by atoms with Gasteiger partial charge in [0.15, 0.2) is 0 Å². The number of nitrogens with one attached hydrogen (secondary N) is 1. The third-order valence-corrected chi connectivity index (χ3v) is 4.30. The summed E-state index contributed by atoms with van der Waals surface area (Å²) >= 11 is 0. The molecule has 2 heterocycles. The normalized spacial score (nSPS) is 27.2. The van der Waals surface area contributed by atoms with Crippen LogP contribution in [0.3, 0.4) is 0 Å². The van der Waals surface area contributed by atoms with Gasteiger partial charge in [0, 0.05) is 25.2 Å². The molecule has 2 bridgehead atoms. The number of likely N-dealkylation sites (tertiary alicyclic amines) is 1. The van der Waals surface area contributed by atoms with Gasteiger partial charge >= 0.3 is 0 Å². The summed E-state index contributed by atoms with van der Waals surface area (Å²) < 4.78 is 5.82. The molecule has 1 aromatic rings. The Bertz CT molecular complexity index is 404. The molecule has 0 aliphatic carbocycles. The fourth-order valence-electron chi connectivity index (χ4n) is 3.15. The average Bonchev–Trinajstić information content (AvgIpc) is 2.74. The van der Waals surface area contributed by atoms with E-state index >= 15 is 0 Å². The second-order valence-corrected chi connectivity index (χ2v) is 5.89. The summed E-state index contributed by atoms with van der Waals surface area (Å²) in [6.45, 7) is 6.33. The van der Waals surface area contributed by atoms with E-state index in [0.717, 1.165) is 24.9 Å². The number of ether oxygens (including phenoxy) is 1. The maximum atomic E-state index is 5.82. The fraction of sp³-hybridized carbons (Fsp3) is 0.625. The Balaban J connectivity index is 1.43. The second kappa shape index (κ2) is 5.93. The SMILES string of the molecule is Cc1ccc(OCCN2CCC3CCC(C2)N3)cc1. The first-order valence-corrected chi connectivity index (χ1v) is 7.47. The Morgan fingerprint density at radius 3 is 2.79 bits per heavy atom. The predicted octanol–water partition coefficient (Wildman–Crippen LogP) is 2.20. The van der Waals surface area contributed by atoms with Gasteiger partial charge in [0.2, 0.25) is 0 Å². The number of benzene rings is 1. The first-order chi connectivity index (χ1) is 9.29. The van der Waals surface area contributed by atoms with Gasteiger partial charge in [-0.3, -0.25) is 4.90 Å². The fourth-order valence-corrected chi connectivity index (χ4v) is 3.15. The quantitative estimate of drug-likeness (QED) is 0.898. The van der Waals surface area contributed by atoms with Crippen molar-refractivity contribution in [3.63, 3.8) is 0 Å². The highest BCUT2D eigenvalue weighted by atomic mass is 16.5. The van der Waals surface area contributed by atoms with E-state index in [2.05, 4.69) is 41.4 Å². The van der Waals surface area contributed by atoms with Crippen LogP contribution in [0.4, 0.5) is 0 Å². The lowest BCUT2D eigenvalue weighted by atomic mass is 10.1. The van der Waals surface area contributed by atoms with Crippen molar-refractivity contribution in [1.82, 2.24) is 10.2 Å².